The summed E-state index contributed by atoms with van der Waals surface area (Å²) < 4.78 is 48.9. The molecule has 0 aliphatic heterocycles. The van der Waals surface area contributed by atoms with Crippen molar-refractivity contribution in [3.8, 4) is 0 Å². The summed E-state index contributed by atoms with van der Waals surface area (Å²) in [4.78, 5) is 0. The zero-order chi connectivity index (χ0) is 19.2. The van der Waals surface area contributed by atoms with E-state index in [-0.39, 0.29) is 12.5 Å². The molecule has 0 aromatic rings. The molecule has 0 atom stereocenters. The van der Waals surface area contributed by atoms with Gasteiger partial charge in [-0.3, -0.25) is 0 Å². The van der Waals surface area contributed by atoms with Gasteiger partial charge in [0.15, 0.2) is 0 Å². The van der Waals surface area contributed by atoms with Crippen molar-refractivity contribution in [3.63, 3.8) is 0 Å². The van der Waals surface area contributed by atoms with E-state index >= 15 is 0 Å². The summed E-state index contributed by atoms with van der Waals surface area (Å²) in [5.41, 5.74) is 0. The van der Waals surface area contributed by atoms with Crippen molar-refractivity contribution in [2.75, 3.05) is 26.4 Å². The fourth-order valence-corrected chi connectivity index (χ4v) is 9.19. The van der Waals surface area contributed by atoms with E-state index in [1.165, 1.54) is 0 Å². The Morgan fingerprint density at radius 2 is 1.20 bits per heavy atom. The first-order valence-corrected chi connectivity index (χ1v) is 15.3. The van der Waals surface area contributed by atoms with Gasteiger partial charge in [-0.05, 0) is 0 Å². The Hall–Kier alpha value is 0.820. The van der Waals surface area contributed by atoms with Crippen LogP contribution in [0, 0.1) is 5.92 Å². The molecule has 0 rings (SSSR count). The maximum absolute atomic E-state index is 10.3. The van der Waals surface area contributed by atoms with Crippen molar-refractivity contribution in [1.82, 2.24) is 0 Å². The molecule has 0 heterocycles. The molecule has 9 heteroatoms. The van der Waals surface area contributed by atoms with Crippen molar-refractivity contribution >= 4 is 9.05 Å². The Bertz CT molecular complexity index is 292. The molecule has 7 nitrogen and oxygen atoms in total. The predicted molar refractivity (Wildman–Crippen MR) is 94.6 cm³/mol. The van der Waals surface area contributed by atoms with Gasteiger partial charge in [-0.15, -0.1) is 0 Å². The molecule has 0 fully saturated rings. The summed E-state index contributed by atoms with van der Waals surface area (Å²) in [5, 5.41) is 0. The zero-order valence-corrected chi connectivity index (χ0v) is 20.0. The van der Waals surface area contributed by atoms with Gasteiger partial charge in [-0.1, -0.05) is 0 Å². The predicted octanol–water partition coefficient (Wildman–Crippen LogP) is 3.36. The Kier molecular flexibility index (Phi) is 15.3. The summed E-state index contributed by atoms with van der Waals surface area (Å²) >= 11 is -5.21. The second-order valence-corrected chi connectivity index (χ2v) is 13.4. The fourth-order valence-electron chi connectivity index (χ4n) is 1.71. The minimum absolute atomic E-state index is 0.165. The number of hydrogen-bond donors (Lipinski definition) is 2. The molecule has 0 aromatic heterocycles. The molecular weight excluding hydrogens is 423 g/mol. The van der Waals surface area contributed by atoms with Crippen LogP contribution in [0.5, 0.6) is 0 Å². The molecule has 0 aliphatic rings. The summed E-state index contributed by atoms with van der Waals surface area (Å²) in [6.45, 7) is 11.4. The van der Waals surface area contributed by atoms with Crippen molar-refractivity contribution < 1.29 is 47.0 Å². The molecule has 0 spiro atoms. The van der Waals surface area contributed by atoms with Gasteiger partial charge in [0.2, 0.25) is 0 Å². The first-order chi connectivity index (χ1) is 11.8. The Balaban J connectivity index is 5.07. The third kappa shape index (κ3) is 13.6. The Morgan fingerprint density at radius 3 is 1.52 bits per heavy atom. The van der Waals surface area contributed by atoms with Crippen LogP contribution in [0.2, 0.25) is 0 Å². The monoisotopic (exact) mass is 460 g/mol. The van der Waals surface area contributed by atoms with Gasteiger partial charge >= 0.3 is 162 Å². The molecule has 0 aromatic carbocycles. The zero-order valence-electron chi connectivity index (χ0n) is 16.6. The van der Waals surface area contributed by atoms with E-state index in [0.29, 0.717) is 19.8 Å². The standard InChI is InChI=1S/C12H27O4Si.C4H9O.2H2O.Zr/c1-4-7-10-14-17(13,15-11-8-5-2)16-12-9-6-3;1-4(2)3-5;;;/h4-12H2,1-3H3;4H,3H2,1-2H3;2*1H2;/q2*-1;;;+4/p-2. The number of unbranched alkanes of at least 4 members (excludes halogenated alkanes) is 3. The molecule has 0 radical (unpaired) electrons. The van der Waals surface area contributed by atoms with Crippen LogP contribution in [0.25, 0.3) is 0 Å². The summed E-state index contributed by atoms with van der Waals surface area (Å²) in [7, 11) is -3.65. The summed E-state index contributed by atoms with van der Waals surface area (Å²) in [6, 6.07) is 0. The van der Waals surface area contributed by atoms with Gasteiger partial charge in [0.1, 0.15) is 0 Å². The third-order valence-electron chi connectivity index (χ3n) is 3.19. The molecule has 0 aliphatic carbocycles. The Labute approximate surface area is 161 Å². The van der Waals surface area contributed by atoms with Gasteiger partial charge in [-0.2, -0.15) is 0 Å². The first-order valence-electron chi connectivity index (χ1n) is 9.51. The summed E-state index contributed by atoms with van der Waals surface area (Å²) in [5.74, 6) is 0.165. The average molecular weight is 462 g/mol. The molecule has 25 heavy (non-hydrogen) atoms. The molecular formula is C16H38O7SiZr. The van der Waals surface area contributed by atoms with Crippen molar-refractivity contribution in [2.24, 2.45) is 5.92 Å². The van der Waals surface area contributed by atoms with E-state index in [2.05, 4.69) is 20.8 Å². The molecule has 0 bridgehead atoms. The molecule has 0 saturated heterocycles. The van der Waals surface area contributed by atoms with Gasteiger partial charge in [-0.25, -0.2) is 0 Å². The normalized spacial score (nSPS) is 13.0. The van der Waals surface area contributed by atoms with E-state index in [1.807, 2.05) is 13.8 Å². The van der Waals surface area contributed by atoms with Crippen molar-refractivity contribution in [3.05, 3.63) is 0 Å². The van der Waals surface area contributed by atoms with E-state index in [9.17, 15) is 6.37 Å². The van der Waals surface area contributed by atoms with Gasteiger partial charge in [0.05, 0.1) is 0 Å². The Morgan fingerprint density at radius 1 is 0.800 bits per heavy atom. The minimum atomic E-state index is -5.21. The van der Waals surface area contributed by atoms with Crippen LogP contribution in [0.4, 0.5) is 0 Å². The SMILES string of the molecule is CCCCO[Si](OCCCC)(OCCCC)[O][Zr]([OH])([OH])[O]CC(C)C. The first kappa shape index (κ1) is 25.8. The van der Waals surface area contributed by atoms with Crippen molar-refractivity contribution in [2.45, 2.75) is 73.1 Å². The van der Waals surface area contributed by atoms with Gasteiger partial charge in [0, 0.05) is 0 Å². The maximum atomic E-state index is 10.3. The van der Waals surface area contributed by atoms with E-state index in [0.717, 1.165) is 38.5 Å². The van der Waals surface area contributed by atoms with E-state index in [1.54, 1.807) is 0 Å². The van der Waals surface area contributed by atoms with E-state index < -0.39 is 31.1 Å². The van der Waals surface area contributed by atoms with Gasteiger partial charge in [0.25, 0.3) is 0 Å². The molecule has 2 N–H and O–H groups in total. The molecule has 152 valence electrons. The van der Waals surface area contributed by atoms with Crippen LogP contribution in [0.3, 0.4) is 0 Å². The molecule has 0 unspecified atom stereocenters. The van der Waals surface area contributed by atoms with Gasteiger partial charge < -0.3 is 0 Å². The topological polar surface area (TPSA) is 86.6 Å². The second kappa shape index (κ2) is 14.8. The van der Waals surface area contributed by atoms with Crippen LogP contribution >= 0.6 is 0 Å². The van der Waals surface area contributed by atoms with Crippen molar-refractivity contribution in [1.29, 1.82) is 0 Å². The van der Waals surface area contributed by atoms with Crippen LogP contribution in [-0.2, 0) is 40.6 Å². The van der Waals surface area contributed by atoms with Crippen LogP contribution in [0.1, 0.15) is 73.1 Å². The summed E-state index contributed by atoms with van der Waals surface area (Å²) in [6.07, 6.45) is 5.30. The number of hydrogen-bond acceptors (Lipinski definition) is 7. The fraction of sp³-hybridized carbons (Fsp3) is 1.00. The quantitative estimate of drug-likeness (QED) is 0.254. The second-order valence-electron chi connectivity index (χ2n) is 6.46. The van der Waals surface area contributed by atoms with Crippen LogP contribution in [-0.4, -0.2) is 41.8 Å². The molecule has 0 saturated carbocycles. The van der Waals surface area contributed by atoms with E-state index in [4.69, 9.17) is 18.6 Å². The van der Waals surface area contributed by atoms with Crippen LogP contribution in [0.15, 0.2) is 0 Å². The molecule has 0 amide bonds. The number of rotatable bonds is 17. The average Bonchev–Trinajstić information content (AvgIpc) is 2.53. The third-order valence-corrected chi connectivity index (χ3v) is 10.5. The van der Waals surface area contributed by atoms with Crippen LogP contribution < -0.4 is 0 Å².